The van der Waals surface area contributed by atoms with Gasteiger partial charge in [-0.1, -0.05) is 68.2 Å². The zero-order valence-corrected chi connectivity index (χ0v) is 19.3. The van der Waals surface area contributed by atoms with Crippen LogP contribution in [0.4, 0.5) is 4.39 Å². The van der Waals surface area contributed by atoms with Gasteiger partial charge in [0.05, 0.1) is 24.1 Å². The first-order valence-corrected chi connectivity index (χ1v) is 10.9. The Morgan fingerprint density at radius 3 is 2.35 bits per heavy atom. The van der Waals surface area contributed by atoms with E-state index in [9.17, 15) is 19.1 Å². The Bertz CT molecular complexity index is 1230. The van der Waals surface area contributed by atoms with Crippen LogP contribution in [0.15, 0.2) is 60.7 Å². The molecule has 3 aromatic rings. The van der Waals surface area contributed by atoms with Crippen molar-refractivity contribution >= 4 is 11.8 Å². The Labute approximate surface area is 198 Å². The van der Waals surface area contributed by atoms with E-state index in [0.717, 1.165) is 28.1 Å². The van der Waals surface area contributed by atoms with Gasteiger partial charge >= 0.3 is 5.97 Å². The number of Topliss-reactive ketones (excluding diaryl/α,β-unsaturated/α-hetero) is 1. The van der Waals surface area contributed by atoms with Crippen molar-refractivity contribution in [3.8, 4) is 34.2 Å². The lowest BCUT2D eigenvalue weighted by atomic mass is 9.92. The van der Waals surface area contributed by atoms with Gasteiger partial charge in [0.25, 0.3) is 0 Å². The SMILES string of the molecule is COC(=O)CC(=O)CC(O)C#Cc1c(-c2ccc(F)cc2)cc(-c2ccccc2)nc1C(C)C. The maximum Gasteiger partial charge on any atom is 0.313 e. The number of benzene rings is 2. The van der Waals surface area contributed by atoms with Gasteiger partial charge in [-0.2, -0.15) is 0 Å². The molecule has 0 radical (unpaired) electrons. The zero-order valence-electron chi connectivity index (χ0n) is 19.3. The molecule has 1 unspecified atom stereocenters. The molecule has 0 fully saturated rings. The minimum absolute atomic E-state index is 0.00487. The van der Waals surface area contributed by atoms with Crippen LogP contribution in [-0.4, -0.2) is 35.1 Å². The molecule has 34 heavy (non-hydrogen) atoms. The number of ether oxygens (including phenoxy) is 1. The molecule has 0 spiro atoms. The highest BCUT2D eigenvalue weighted by molar-refractivity contribution is 5.95. The minimum atomic E-state index is -1.26. The number of rotatable bonds is 7. The second kappa shape index (κ2) is 11.4. The Hall–Kier alpha value is -3.82. The fourth-order valence-corrected chi connectivity index (χ4v) is 3.46. The fourth-order valence-electron chi connectivity index (χ4n) is 3.46. The number of pyridine rings is 1. The molecule has 2 aromatic carbocycles. The number of methoxy groups -OCH3 is 1. The summed E-state index contributed by atoms with van der Waals surface area (Å²) >= 11 is 0. The summed E-state index contributed by atoms with van der Waals surface area (Å²) in [4.78, 5) is 28.1. The molecule has 0 bridgehead atoms. The zero-order chi connectivity index (χ0) is 24.7. The molecule has 0 aliphatic rings. The summed E-state index contributed by atoms with van der Waals surface area (Å²) in [6.45, 7) is 3.99. The molecule has 0 aliphatic carbocycles. The van der Waals surface area contributed by atoms with Crippen LogP contribution in [0, 0.1) is 17.7 Å². The van der Waals surface area contributed by atoms with Gasteiger partial charge in [0.15, 0.2) is 0 Å². The molecule has 0 amide bonds. The van der Waals surface area contributed by atoms with Gasteiger partial charge in [0.1, 0.15) is 24.1 Å². The molecule has 1 N–H and O–H groups in total. The van der Waals surface area contributed by atoms with Crippen LogP contribution in [0.25, 0.3) is 22.4 Å². The van der Waals surface area contributed by atoms with E-state index in [1.165, 1.54) is 19.2 Å². The molecule has 1 atom stereocenters. The molecule has 1 heterocycles. The lowest BCUT2D eigenvalue weighted by Crippen LogP contribution is -2.15. The summed E-state index contributed by atoms with van der Waals surface area (Å²) in [5.74, 6) is 4.25. The quantitative estimate of drug-likeness (QED) is 0.309. The number of hydrogen-bond acceptors (Lipinski definition) is 5. The minimum Gasteiger partial charge on any atom is -0.469 e. The van der Waals surface area contributed by atoms with Crippen molar-refractivity contribution in [3.63, 3.8) is 0 Å². The van der Waals surface area contributed by atoms with Crippen LogP contribution in [0.2, 0.25) is 0 Å². The fraction of sp³-hybridized carbons (Fsp3) is 0.250. The number of aliphatic hydroxyl groups is 1. The highest BCUT2D eigenvalue weighted by Gasteiger charge is 2.18. The number of aromatic nitrogens is 1. The third-order valence-corrected chi connectivity index (χ3v) is 5.17. The summed E-state index contributed by atoms with van der Waals surface area (Å²) in [5, 5.41) is 10.3. The first kappa shape index (κ1) is 24.8. The van der Waals surface area contributed by atoms with E-state index in [1.54, 1.807) is 12.1 Å². The molecule has 5 nitrogen and oxygen atoms in total. The monoisotopic (exact) mass is 459 g/mol. The lowest BCUT2D eigenvalue weighted by molar-refractivity contribution is -0.143. The van der Waals surface area contributed by atoms with Crippen molar-refractivity contribution in [2.75, 3.05) is 7.11 Å². The van der Waals surface area contributed by atoms with E-state index in [2.05, 4.69) is 16.6 Å². The Kier molecular flexibility index (Phi) is 8.29. The second-order valence-corrected chi connectivity index (χ2v) is 8.12. The highest BCUT2D eigenvalue weighted by Crippen LogP contribution is 2.33. The van der Waals surface area contributed by atoms with Crippen LogP contribution < -0.4 is 0 Å². The van der Waals surface area contributed by atoms with E-state index >= 15 is 0 Å². The number of hydrogen-bond donors (Lipinski definition) is 1. The van der Waals surface area contributed by atoms with Crippen molar-refractivity contribution in [2.24, 2.45) is 0 Å². The smallest absolute Gasteiger partial charge is 0.313 e. The van der Waals surface area contributed by atoms with Crippen LogP contribution >= 0.6 is 0 Å². The molecule has 6 heteroatoms. The van der Waals surface area contributed by atoms with E-state index in [0.29, 0.717) is 5.56 Å². The van der Waals surface area contributed by atoms with Gasteiger partial charge in [-0.05, 0) is 29.7 Å². The number of carbonyl (C=O) groups excluding carboxylic acids is 2. The van der Waals surface area contributed by atoms with Gasteiger partial charge in [0.2, 0.25) is 0 Å². The van der Waals surface area contributed by atoms with Crippen molar-refractivity contribution < 1.29 is 23.8 Å². The van der Waals surface area contributed by atoms with E-state index in [1.807, 2.05) is 50.2 Å². The molecule has 3 rings (SSSR count). The molecule has 0 aliphatic heterocycles. The van der Waals surface area contributed by atoms with Crippen LogP contribution in [0.1, 0.15) is 43.9 Å². The summed E-state index contributed by atoms with van der Waals surface area (Å²) in [6.07, 6.45) is -1.96. The maximum absolute atomic E-state index is 13.6. The molecule has 0 saturated carbocycles. The summed E-state index contributed by atoms with van der Waals surface area (Å²) < 4.78 is 18.1. The molecule has 1 aromatic heterocycles. The number of aliphatic hydroxyl groups excluding tert-OH is 1. The average Bonchev–Trinajstić information content (AvgIpc) is 2.83. The van der Waals surface area contributed by atoms with Crippen molar-refractivity contribution in [3.05, 3.63) is 77.7 Å². The molecular weight excluding hydrogens is 433 g/mol. The number of carbonyl (C=O) groups is 2. The van der Waals surface area contributed by atoms with Crippen LogP contribution in [-0.2, 0) is 14.3 Å². The molecule has 0 saturated heterocycles. The third kappa shape index (κ3) is 6.37. The summed E-state index contributed by atoms with van der Waals surface area (Å²) in [5.41, 5.74) is 4.51. The van der Waals surface area contributed by atoms with Gasteiger partial charge in [0, 0.05) is 17.5 Å². The van der Waals surface area contributed by atoms with Crippen LogP contribution in [0.3, 0.4) is 0 Å². The standard InChI is InChI=1S/C28H26FNO4/c1-18(2)28-24(14-13-22(31)15-23(32)16-27(33)34-3)25(19-9-11-21(29)12-10-19)17-26(30-28)20-7-5-4-6-8-20/h4-12,17-18,22,31H,15-16H2,1-3H3. The summed E-state index contributed by atoms with van der Waals surface area (Å²) in [6, 6.07) is 17.7. The number of esters is 1. The number of nitrogens with zero attached hydrogens (tertiary/aromatic N) is 1. The van der Waals surface area contributed by atoms with Gasteiger partial charge in [-0.15, -0.1) is 0 Å². The largest absolute Gasteiger partial charge is 0.469 e. The lowest BCUT2D eigenvalue weighted by Gasteiger charge is -2.16. The highest BCUT2D eigenvalue weighted by atomic mass is 19.1. The summed E-state index contributed by atoms with van der Waals surface area (Å²) in [7, 11) is 1.20. The van der Waals surface area contributed by atoms with Crippen LogP contribution in [0.5, 0.6) is 0 Å². The maximum atomic E-state index is 13.6. The second-order valence-electron chi connectivity index (χ2n) is 8.12. The third-order valence-electron chi connectivity index (χ3n) is 5.17. The first-order valence-electron chi connectivity index (χ1n) is 10.9. The predicted octanol–water partition coefficient (Wildman–Crippen LogP) is 4.91. The van der Waals surface area contributed by atoms with E-state index < -0.39 is 24.3 Å². The number of ketones is 1. The van der Waals surface area contributed by atoms with Crippen molar-refractivity contribution in [1.29, 1.82) is 0 Å². The van der Waals surface area contributed by atoms with E-state index in [4.69, 9.17) is 4.98 Å². The normalized spacial score (nSPS) is 11.5. The average molecular weight is 460 g/mol. The first-order chi connectivity index (χ1) is 16.3. The molecular formula is C28H26FNO4. The van der Waals surface area contributed by atoms with Gasteiger partial charge in [-0.3, -0.25) is 14.6 Å². The number of halogens is 1. The van der Waals surface area contributed by atoms with Crippen molar-refractivity contribution in [2.45, 2.75) is 38.7 Å². The topological polar surface area (TPSA) is 76.5 Å². The Morgan fingerprint density at radius 2 is 1.74 bits per heavy atom. The van der Waals surface area contributed by atoms with E-state index in [-0.39, 0.29) is 18.2 Å². The molecule has 174 valence electrons. The van der Waals surface area contributed by atoms with Gasteiger partial charge < -0.3 is 9.84 Å². The Morgan fingerprint density at radius 1 is 1.06 bits per heavy atom. The predicted molar refractivity (Wildman–Crippen MR) is 128 cm³/mol. The van der Waals surface area contributed by atoms with Crippen molar-refractivity contribution in [1.82, 2.24) is 4.98 Å². The Balaban J connectivity index is 2.08. The van der Waals surface area contributed by atoms with Gasteiger partial charge in [-0.25, -0.2) is 4.39 Å².